The third-order valence-electron chi connectivity index (χ3n) is 4.42. The first-order chi connectivity index (χ1) is 14.8. The topological polar surface area (TPSA) is 85.0 Å². The van der Waals surface area contributed by atoms with Gasteiger partial charge < -0.3 is 15.2 Å². The minimum Gasteiger partial charge on any atom is -0.359 e. The lowest BCUT2D eigenvalue weighted by Crippen LogP contribution is -2.20. The average molecular weight is 427 g/mol. The molecule has 2 heterocycles. The standard InChI is InChI=1S/C21H16F3N5O2/c1-13-18(19(28-31-13)14-5-3-2-4-6-14)26-20(30)25-15-7-9-16(10-8-15)29-12-11-17(27-29)21(22,23)24/h2-12H,1H3,(H2,25,26,30). The summed E-state index contributed by atoms with van der Waals surface area (Å²) in [4.78, 5) is 12.4. The number of urea groups is 1. The van der Waals surface area contributed by atoms with Gasteiger partial charge in [-0.2, -0.15) is 18.3 Å². The second-order valence-corrected chi connectivity index (χ2v) is 6.60. The molecule has 0 aliphatic heterocycles. The van der Waals surface area contributed by atoms with Crippen molar-refractivity contribution in [3.63, 3.8) is 0 Å². The van der Waals surface area contributed by atoms with Crippen molar-refractivity contribution in [3.8, 4) is 16.9 Å². The van der Waals surface area contributed by atoms with E-state index < -0.39 is 17.9 Å². The van der Waals surface area contributed by atoms with Crippen molar-refractivity contribution in [1.82, 2.24) is 14.9 Å². The van der Waals surface area contributed by atoms with Gasteiger partial charge in [0, 0.05) is 17.4 Å². The Bertz CT molecular complexity index is 1200. The molecule has 2 aromatic carbocycles. The maximum Gasteiger partial charge on any atom is 0.435 e. The van der Waals surface area contributed by atoms with Crippen LogP contribution < -0.4 is 10.6 Å². The van der Waals surface area contributed by atoms with Gasteiger partial charge in [-0.05, 0) is 37.3 Å². The monoisotopic (exact) mass is 427 g/mol. The smallest absolute Gasteiger partial charge is 0.359 e. The molecular weight excluding hydrogens is 411 g/mol. The van der Waals surface area contributed by atoms with E-state index in [1.165, 1.54) is 6.20 Å². The Morgan fingerprint density at radius 3 is 2.35 bits per heavy atom. The fraction of sp³-hybridized carbons (Fsp3) is 0.0952. The Kier molecular flexibility index (Phi) is 5.20. The highest BCUT2D eigenvalue weighted by Gasteiger charge is 2.33. The number of hydrogen-bond donors (Lipinski definition) is 2. The SMILES string of the molecule is Cc1onc(-c2ccccc2)c1NC(=O)Nc1ccc(-n2ccc(C(F)(F)F)n2)cc1. The van der Waals surface area contributed by atoms with E-state index in [1.807, 2.05) is 30.3 Å². The Morgan fingerprint density at radius 2 is 1.71 bits per heavy atom. The number of aryl methyl sites for hydroxylation is 1. The van der Waals surface area contributed by atoms with E-state index in [4.69, 9.17) is 4.52 Å². The Morgan fingerprint density at radius 1 is 1.00 bits per heavy atom. The lowest BCUT2D eigenvalue weighted by molar-refractivity contribution is -0.141. The number of nitrogens with zero attached hydrogens (tertiary/aromatic N) is 3. The number of aromatic nitrogens is 3. The number of rotatable bonds is 4. The van der Waals surface area contributed by atoms with Gasteiger partial charge in [0.05, 0.1) is 5.69 Å². The lowest BCUT2D eigenvalue weighted by Gasteiger charge is -2.09. The highest BCUT2D eigenvalue weighted by Crippen LogP contribution is 2.30. The van der Waals surface area contributed by atoms with Crippen LogP contribution in [0.1, 0.15) is 11.5 Å². The molecule has 0 aliphatic rings. The normalized spacial score (nSPS) is 11.4. The van der Waals surface area contributed by atoms with E-state index in [1.54, 1.807) is 31.2 Å². The molecule has 0 spiro atoms. The van der Waals surface area contributed by atoms with E-state index in [0.29, 0.717) is 28.5 Å². The molecule has 0 radical (unpaired) electrons. The van der Waals surface area contributed by atoms with E-state index in [0.717, 1.165) is 16.3 Å². The largest absolute Gasteiger partial charge is 0.435 e. The summed E-state index contributed by atoms with van der Waals surface area (Å²) < 4.78 is 44.4. The first kappa shape index (κ1) is 20.2. The lowest BCUT2D eigenvalue weighted by atomic mass is 10.1. The molecule has 4 rings (SSSR count). The molecule has 10 heteroatoms. The van der Waals surface area contributed by atoms with Crippen LogP contribution in [-0.4, -0.2) is 21.0 Å². The molecule has 2 N–H and O–H groups in total. The molecule has 31 heavy (non-hydrogen) atoms. The summed E-state index contributed by atoms with van der Waals surface area (Å²) in [6, 6.07) is 15.8. The molecular formula is C21H16F3N5O2. The first-order valence-electron chi connectivity index (χ1n) is 9.14. The number of nitrogens with one attached hydrogen (secondary N) is 2. The summed E-state index contributed by atoms with van der Waals surface area (Å²) in [5.74, 6) is 0.448. The number of carbonyl (C=O) groups is 1. The number of carbonyl (C=O) groups excluding carboxylic acids is 1. The molecule has 0 atom stereocenters. The third-order valence-corrected chi connectivity index (χ3v) is 4.42. The molecule has 158 valence electrons. The van der Waals surface area contributed by atoms with E-state index in [9.17, 15) is 18.0 Å². The predicted molar refractivity (Wildman–Crippen MR) is 108 cm³/mol. The molecule has 0 bridgehead atoms. The first-order valence-corrected chi connectivity index (χ1v) is 9.14. The fourth-order valence-electron chi connectivity index (χ4n) is 2.90. The van der Waals surface area contributed by atoms with E-state index in [-0.39, 0.29) is 0 Å². The van der Waals surface area contributed by atoms with E-state index >= 15 is 0 Å². The molecule has 0 saturated carbocycles. The molecule has 0 aliphatic carbocycles. The van der Waals surface area contributed by atoms with Crippen molar-refractivity contribution < 1.29 is 22.5 Å². The molecule has 0 unspecified atom stereocenters. The minimum absolute atomic E-state index is 0.419. The van der Waals surface area contributed by atoms with Gasteiger partial charge in [-0.3, -0.25) is 0 Å². The minimum atomic E-state index is -4.51. The fourth-order valence-corrected chi connectivity index (χ4v) is 2.90. The maximum atomic E-state index is 12.7. The van der Waals surface area contributed by atoms with Crippen molar-refractivity contribution in [2.24, 2.45) is 0 Å². The maximum absolute atomic E-state index is 12.7. The zero-order chi connectivity index (χ0) is 22.0. The number of amides is 2. The number of anilines is 2. The number of alkyl halides is 3. The zero-order valence-electron chi connectivity index (χ0n) is 16.1. The van der Waals surface area contributed by atoms with Crippen molar-refractivity contribution in [2.75, 3.05) is 10.6 Å². The highest BCUT2D eigenvalue weighted by molar-refractivity contribution is 6.02. The van der Waals surface area contributed by atoms with Crippen molar-refractivity contribution in [2.45, 2.75) is 13.1 Å². The summed E-state index contributed by atoms with van der Waals surface area (Å²) >= 11 is 0. The summed E-state index contributed by atoms with van der Waals surface area (Å²) in [6.07, 6.45) is -3.29. The van der Waals surface area contributed by atoms with Gasteiger partial charge in [-0.15, -0.1) is 0 Å². The van der Waals surface area contributed by atoms with Crippen LogP contribution in [-0.2, 0) is 6.18 Å². The summed E-state index contributed by atoms with van der Waals surface area (Å²) in [5, 5.41) is 12.9. The molecule has 0 saturated heterocycles. The van der Waals surface area contributed by atoms with Crippen LogP contribution in [0.2, 0.25) is 0 Å². The summed E-state index contributed by atoms with van der Waals surface area (Å²) in [5.41, 5.74) is 1.62. The van der Waals surface area contributed by atoms with Crippen LogP contribution in [0.25, 0.3) is 16.9 Å². The van der Waals surface area contributed by atoms with Gasteiger partial charge in [0.2, 0.25) is 0 Å². The van der Waals surface area contributed by atoms with Gasteiger partial charge in [-0.1, -0.05) is 35.5 Å². The number of benzene rings is 2. The number of halogens is 3. The Balaban J connectivity index is 1.46. The van der Waals surface area contributed by atoms with Gasteiger partial charge in [-0.25, -0.2) is 9.48 Å². The van der Waals surface area contributed by atoms with Crippen molar-refractivity contribution in [1.29, 1.82) is 0 Å². The van der Waals surface area contributed by atoms with Crippen LogP contribution in [0.4, 0.5) is 29.3 Å². The van der Waals surface area contributed by atoms with Crippen LogP contribution in [0, 0.1) is 6.92 Å². The molecule has 2 amide bonds. The quantitative estimate of drug-likeness (QED) is 0.451. The predicted octanol–water partition coefficient (Wildman–Crippen LogP) is 5.50. The van der Waals surface area contributed by atoms with Crippen LogP contribution >= 0.6 is 0 Å². The Hall–Kier alpha value is -4.08. The van der Waals surface area contributed by atoms with Crippen molar-refractivity contribution >= 4 is 17.4 Å². The van der Waals surface area contributed by atoms with E-state index in [2.05, 4.69) is 20.9 Å². The molecule has 4 aromatic rings. The van der Waals surface area contributed by atoms with Gasteiger partial charge in [0.15, 0.2) is 11.5 Å². The molecule has 2 aromatic heterocycles. The van der Waals surface area contributed by atoms with Crippen LogP contribution in [0.3, 0.4) is 0 Å². The van der Waals surface area contributed by atoms with Crippen LogP contribution in [0.5, 0.6) is 0 Å². The molecule has 7 nitrogen and oxygen atoms in total. The second kappa shape index (κ2) is 7.98. The van der Waals surface area contributed by atoms with Crippen LogP contribution in [0.15, 0.2) is 71.4 Å². The third kappa shape index (κ3) is 4.42. The van der Waals surface area contributed by atoms with Gasteiger partial charge in [0.25, 0.3) is 0 Å². The van der Waals surface area contributed by atoms with Gasteiger partial charge >= 0.3 is 12.2 Å². The average Bonchev–Trinajstić information content (AvgIpc) is 3.37. The summed E-state index contributed by atoms with van der Waals surface area (Å²) in [7, 11) is 0. The Labute approximate surface area is 174 Å². The van der Waals surface area contributed by atoms with Crippen molar-refractivity contribution in [3.05, 3.63) is 78.3 Å². The highest BCUT2D eigenvalue weighted by atomic mass is 19.4. The number of hydrogen-bond acceptors (Lipinski definition) is 4. The summed E-state index contributed by atoms with van der Waals surface area (Å²) in [6.45, 7) is 1.68. The van der Waals surface area contributed by atoms with Gasteiger partial charge in [0.1, 0.15) is 11.4 Å². The molecule has 0 fully saturated rings. The zero-order valence-corrected chi connectivity index (χ0v) is 16.1. The second-order valence-electron chi connectivity index (χ2n) is 6.60.